The Hall–Kier alpha value is -0.820. The van der Waals surface area contributed by atoms with Gasteiger partial charge in [0.1, 0.15) is 18.3 Å². The molecule has 2 aliphatic rings. The lowest BCUT2D eigenvalue weighted by Gasteiger charge is -2.45. The molecule has 0 saturated carbocycles. The number of rotatable bonds is 22. The molecule has 46 heavy (non-hydrogen) atoms. The summed E-state index contributed by atoms with van der Waals surface area (Å²) in [4.78, 5) is 26.0. The van der Waals surface area contributed by atoms with Crippen LogP contribution >= 0.6 is 11.6 Å². The van der Waals surface area contributed by atoms with Crippen molar-refractivity contribution in [2.75, 3.05) is 19.8 Å². The molecule has 0 aliphatic carbocycles. The molecular weight excluding hydrogens is 632 g/mol. The monoisotopic (exact) mass is 694 g/mol. The molecule has 0 aromatic carbocycles. The van der Waals surface area contributed by atoms with Gasteiger partial charge < -0.3 is 34.9 Å². The predicted molar refractivity (Wildman–Crippen MR) is 183 cm³/mol. The highest BCUT2D eigenvalue weighted by Gasteiger charge is 2.52. The lowest BCUT2D eigenvalue weighted by atomic mass is 9.92. The van der Waals surface area contributed by atoms with Gasteiger partial charge in [-0.1, -0.05) is 97.3 Å². The molecule has 1 amide bonds. The summed E-state index contributed by atoms with van der Waals surface area (Å²) < 4.78 is 23.6. The van der Waals surface area contributed by atoms with Crippen molar-refractivity contribution in [1.82, 2.24) is 5.32 Å². The number of carbonyl (C=O) groups is 2. The number of alkyl halides is 1. The molecule has 2 fully saturated rings. The van der Waals surface area contributed by atoms with E-state index in [4.69, 9.17) is 21.1 Å². The second kappa shape index (κ2) is 21.3. The Bertz CT molecular complexity index is 926. The second-order valence-electron chi connectivity index (χ2n) is 13.9. The molecule has 270 valence electrons. The van der Waals surface area contributed by atoms with E-state index in [1.54, 1.807) is 6.92 Å². The first-order valence-corrected chi connectivity index (χ1v) is 19.9. The molecule has 0 aromatic rings. The molecule has 2 rings (SSSR count). The van der Waals surface area contributed by atoms with Gasteiger partial charge >= 0.3 is 5.97 Å². The Labute approximate surface area is 285 Å². The zero-order chi connectivity index (χ0) is 34.3. The highest BCUT2D eigenvalue weighted by Crippen LogP contribution is 2.33. The molecule has 11 atom stereocenters. The number of likely N-dealkylation sites (tertiary alicyclic amines) is 1. The van der Waals surface area contributed by atoms with Crippen molar-refractivity contribution in [2.45, 2.75) is 177 Å². The summed E-state index contributed by atoms with van der Waals surface area (Å²) in [6, 6.07) is -1.84. The van der Waals surface area contributed by atoms with Crippen LogP contribution in [0.15, 0.2) is 0 Å². The number of hydrogen-bond donors (Lipinski definition) is 3. The van der Waals surface area contributed by atoms with E-state index in [2.05, 4.69) is 12.2 Å². The van der Waals surface area contributed by atoms with Gasteiger partial charge in [-0.15, -0.1) is 11.6 Å². The number of aliphatic hydroxyl groups is 2. The van der Waals surface area contributed by atoms with Crippen LogP contribution in [0.25, 0.3) is 0 Å². The van der Waals surface area contributed by atoms with Crippen molar-refractivity contribution in [3.8, 4) is 0 Å². The maximum atomic E-state index is 13.3. The number of aliphatic hydroxyl groups excluding tert-OH is 2. The minimum atomic E-state index is -1.71. The van der Waals surface area contributed by atoms with Crippen LogP contribution in [0.2, 0.25) is 0 Å². The zero-order valence-corrected chi connectivity index (χ0v) is 30.6. The topological polar surface area (TPSA) is 145 Å². The largest absolute Gasteiger partial charge is 0.632 e. The number of unbranched alkanes of at least 4 members (excludes halogenated alkanes) is 12. The van der Waals surface area contributed by atoms with E-state index in [-0.39, 0.29) is 12.3 Å². The lowest BCUT2D eigenvalue weighted by molar-refractivity contribution is -0.865. The minimum absolute atomic E-state index is 0.135. The summed E-state index contributed by atoms with van der Waals surface area (Å²) in [7, 11) is -0.227. The summed E-state index contributed by atoms with van der Waals surface area (Å²) in [5, 5.41) is 37.3. The summed E-state index contributed by atoms with van der Waals surface area (Å²) in [5.74, 6) is -0.919. The summed E-state index contributed by atoms with van der Waals surface area (Å²) >= 11 is 6.45. The predicted octanol–water partition coefficient (Wildman–Crippen LogP) is 5.45. The number of quaternary nitrogens is 1. The fraction of sp³-hybridized carbons (Fsp3) is 0.941. The van der Waals surface area contributed by atoms with Gasteiger partial charge in [-0.3, -0.25) is 13.8 Å². The highest BCUT2D eigenvalue weighted by molar-refractivity contribution is 7.84. The van der Waals surface area contributed by atoms with Gasteiger partial charge in [0.15, 0.2) is 17.6 Å². The van der Waals surface area contributed by atoms with Gasteiger partial charge in [0, 0.05) is 25.0 Å². The lowest BCUT2D eigenvalue weighted by Crippen LogP contribution is -2.67. The number of hydroxylamine groups is 3. The number of hydrogen-bond acceptors (Lipinski definition) is 8. The second-order valence-corrected chi connectivity index (χ2v) is 16.0. The minimum Gasteiger partial charge on any atom is -0.632 e. The van der Waals surface area contributed by atoms with Gasteiger partial charge in [0.2, 0.25) is 0 Å². The molecule has 0 aromatic heterocycles. The average Bonchev–Trinajstić information content (AvgIpc) is 3.30. The van der Waals surface area contributed by atoms with E-state index in [0.29, 0.717) is 19.4 Å². The van der Waals surface area contributed by atoms with E-state index >= 15 is 0 Å². The summed E-state index contributed by atoms with van der Waals surface area (Å²) in [6.45, 7) is 6.23. The Morgan fingerprint density at radius 3 is 2.02 bits per heavy atom. The molecule has 0 radical (unpaired) electrons. The van der Waals surface area contributed by atoms with Gasteiger partial charge in [0.05, 0.1) is 35.8 Å². The molecule has 10 nitrogen and oxygen atoms in total. The number of ether oxygens (including phenoxy) is 2. The maximum absolute atomic E-state index is 13.3. The van der Waals surface area contributed by atoms with E-state index < -0.39 is 74.6 Å². The third kappa shape index (κ3) is 13.2. The maximum Gasteiger partial charge on any atom is 0.306 e. The van der Waals surface area contributed by atoms with Crippen LogP contribution in [-0.2, 0) is 29.9 Å². The van der Waals surface area contributed by atoms with Crippen LogP contribution in [0.4, 0.5) is 0 Å². The molecule has 3 N–H and O–H groups in total. The van der Waals surface area contributed by atoms with E-state index in [0.717, 1.165) is 32.1 Å². The average molecular weight is 695 g/mol. The van der Waals surface area contributed by atoms with Crippen molar-refractivity contribution in [3.05, 3.63) is 5.21 Å². The SMILES string of the molecule is CCCCCCCCCCCCCCCC(=O)O[C@H]1C(O)[C@@H](O)C([C@H](NC(=O)[C@@H]2C[C@@H](CCC)C[N+]2(C)[O-])C(C)Cl)O[C@@H]1S(C)=O. The third-order valence-electron chi connectivity index (χ3n) is 9.66. The Morgan fingerprint density at radius 1 is 0.978 bits per heavy atom. The third-order valence-corrected chi connectivity index (χ3v) is 11.0. The normalized spacial score (nSPS) is 31.7. The Morgan fingerprint density at radius 2 is 1.52 bits per heavy atom. The van der Waals surface area contributed by atoms with Crippen molar-refractivity contribution >= 4 is 34.3 Å². The van der Waals surface area contributed by atoms with Gasteiger partial charge in [-0.2, -0.15) is 0 Å². The highest BCUT2D eigenvalue weighted by atomic mass is 35.5. The quantitative estimate of drug-likeness (QED) is 0.0446. The molecular formula is C34H63ClN2O8S. The molecule has 2 saturated heterocycles. The standard InChI is InChI=1S/C34H63ClN2O8S/c1-6-8-9-10-11-12-13-14-15-16-17-18-19-21-27(38)44-32-30(40)29(39)31(45-34(32)46(5)43)28(24(3)35)36-33(41)26-22-25(20-7-2)23-37(26,4)42/h24-26,28-32,34,39-40H,6-23H2,1-5H3,(H,36,41)/t24?,25-,26+,28-,29-,30?,31?,32+,34-,37?,46?/m1/s1. The molecule has 0 bridgehead atoms. The first-order valence-electron chi connectivity index (χ1n) is 17.9. The van der Waals surface area contributed by atoms with Gasteiger partial charge in [-0.25, -0.2) is 0 Å². The van der Waals surface area contributed by atoms with Crippen LogP contribution in [-0.4, -0.2) is 98.1 Å². The molecule has 0 spiro atoms. The Kier molecular flexibility index (Phi) is 19.2. The first kappa shape index (κ1) is 41.4. The number of halogens is 1. The number of esters is 1. The van der Waals surface area contributed by atoms with Crippen molar-refractivity contribution in [3.63, 3.8) is 0 Å². The van der Waals surface area contributed by atoms with E-state index in [1.165, 1.54) is 71.1 Å². The number of likely N-dealkylation sites (N-methyl/N-ethyl adjacent to an activating group) is 1. The van der Waals surface area contributed by atoms with Crippen LogP contribution in [0.5, 0.6) is 0 Å². The van der Waals surface area contributed by atoms with Gasteiger partial charge in [-0.05, 0) is 19.8 Å². The zero-order valence-electron chi connectivity index (χ0n) is 29.0. The van der Waals surface area contributed by atoms with E-state index in [9.17, 15) is 29.2 Å². The molecule has 2 heterocycles. The van der Waals surface area contributed by atoms with Crippen LogP contribution < -0.4 is 5.32 Å². The smallest absolute Gasteiger partial charge is 0.306 e. The number of nitrogens with one attached hydrogen (secondary N) is 1. The van der Waals surface area contributed by atoms with Crippen LogP contribution in [0, 0.1) is 11.1 Å². The summed E-state index contributed by atoms with van der Waals surface area (Å²) in [6.07, 6.45) is 13.3. The molecule has 2 aliphatic heterocycles. The number of carbonyl (C=O) groups excluding carboxylic acids is 2. The van der Waals surface area contributed by atoms with Crippen LogP contribution in [0.3, 0.4) is 0 Å². The number of amides is 1. The summed E-state index contributed by atoms with van der Waals surface area (Å²) in [5.41, 5.74) is -1.24. The first-order chi connectivity index (χ1) is 21.8. The van der Waals surface area contributed by atoms with Crippen molar-refractivity contribution in [2.24, 2.45) is 5.92 Å². The van der Waals surface area contributed by atoms with Crippen molar-refractivity contribution < 1.29 is 38.1 Å². The Balaban J connectivity index is 1.85. The van der Waals surface area contributed by atoms with Crippen molar-refractivity contribution in [1.29, 1.82) is 0 Å². The van der Waals surface area contributed by atoms with Gasteiger partial charge in [0.25, 0.3) is 5.91 Å². The fourth-order valence-electron chi connectivity index (χ4n) is 6.99. The fourth-order valence-corrected chi connectivity index (χ4v) is 8.08. The van der Waals surface area contributed by atoms with Crippen LogP contribution in [0.1, 0.15) is 130 Å². The number of nitrogens with zero attached hydrogens (tertiary/aromatic N) is 1. The molecule has 12 heteroatoms. The van der Waals surface area contributed by atoms with E-state index in [1.807, 2.05) is 6.92 Å². The molecule has 5 unspecified atom stereocenters.